The quantitative estimate of drug-likeness (QED) is 0.381. The number of nitrogens with two attached hydrogens (primary N) is 2. The van der Waals surface area contributed by atoms with Gasteiger partial charge in [0.2, 0.25) is 0 Å². The summed E-state index contributed by atoms with van der Waals surface area (Å²) in [4.78, 5) is 24.0. The van der Waals surface area contributed by atoms with Crippen molar-refractivity contribution in [2.24, 2.45) is 11.6 Å². The minimum atomic E-state index is -0.919. The third kappa shape index (κ3) is 4.72. The molecule has 0 spiro atoms. The largest absolute Gasteiger partial charge is 0.351 e. The summed E-state index contributed by atoms with van der Waals surface area (Å²) in [6.45, 7) is -0.372. The number of nitrogens with one attached hydrogen (secondary N) is 1. The van der Waals surface area contributed by atoms with Crippen molar-refractivity contribution in [3.63, 3.8) is 0 Å². The summed E-state index contributed by atoms with van der Waals surface area (Å²) in [7, 11) is 0. The SMILES string of the molecule is NOCC(=O)NC(N)=O. The normalized spacial score (nSPS) is 8.56. The molecule has 0 rings (SSSR count). The van der Waals surface area contributed by atoms with Crippen molar-refractivity contribution < 1.29 is 14.4 Å². The van der Waals surface area contributed by atoms with Gasteiger partial charge < -0.3 is 5.73 Å². The van der Waals surface area contributed by atoms with Crippen LogP contribution in [0.5, 0.6) is 0 Å². The van der Waals surface area contributed by atoms with Gasteiger partial charge in [-0.05, 0) is 0 Å². The average molecular weight is 133 g/mol. The molecule has 0 bridgehead atoms. The molecule has 0 heterocycles. The van der Waals surface area contributed by atoms with Crippen LogP contribution in [0, 0.1) is 0 Å². The minimum absolute atomic E-state index is 0.372. The van der Waals surface area contributed by atoms with Gasteiger partial charge in [-0.3, -0.25) is 14.9 Å². The fourth-order valence-electron chi connectivity index (χ4n) is 0.249. The molecule has 0 aliphatic rings. The zero-order chi connectivity index (χ0) is 7.28. The van der Waals surface area contributed by atoms with Gasteiger partial charge in [-0.1, -0.05) is 0 Å². The number of hydrogen-bond donors (Lipinski definition) is 3. The number of amides is 3. The number of hydrogen-bond acceptors (Lipinski definition) is 4. The summed E-state index contributed by atoms with van der Waals surface area (Å²) in [5.74, 6) is 3.83. The minimum Gasteiger partial charge on any atom is -0.351 e. The molecule has 0 fully saturated rings. The Labute approximate surface area is 51.1 Å². The summed E-state index contributed by atoms with van der Waals surface area (Å²) < 4.78 is 0. The van der Waals surface area contributed by atoms with Crippen molar-refractivity contribution in [2.45, 2.75) is 0 Å². The van der Waals surface area contributed by atoms with Crippen LogP contribution in [0.4, 0.5) is 4.79 Å². The van der Waals surface area contributed by atoms with Crippen LogP contribution in [0.2, 0.25) is 0 Å². The predicted molar refractivity (Wildman–Crippen MR) is 27.9 cm³/mol. The van der Waals surface area contributed by atoms with Crippen molar-refractivity contribution in [1.29, 1.82) is 0 Å². The number of primary amides is 1. The smallest absolute Gasteiger partial charge is 0.318 e. The third-order valence-electron chi connectivity index (χ3n) is 0.477. The first-order valence-corrected chi connectivity index (χ1v) is 2.07. The highest BCUT2D eigenvalue weighted by molar-refractivity contribution is 5.94. The zero-order valence-electron chi connectivity index (χ0n) is 4.59. The second-order valence-corrected chi connectivity index (χ2v) is 1.22. The van der Waals surface area contributed by atoms with Gasteiger partial charge in [-0.15, -0.1) is 0 Å². The van der Waals surface area contributed by atoms with E-state index in [1.54, 1.807) is 5.32 Å². The molecule has 6 heteroatoms. The molecule has 0 aromatic heterocycles. The molecule has 0 unspecified atom stereocenters. The first kappa shape index (κ1) is 7.86. The summed E-state index contributed by atoms with van der Waals surface area (Å²) in [5.41, 5.74) is 4.56. The van der Waals surface area contributed by atoms with Crippen LogP contribution in [0.1, 0.15) is 0 Å². The van der Waals surface area contributed by atoms with Gasteiger partial charge in [0, 0.05) is 0 Å². The van der Waals surface area contributed by atoms with E-state index in [0.717, 1.165) is 0 Å². The Morgan fingerprint density at radius 1 is 1.56 bits per heavy atom. The second kappa shape index (κ2) is 3.81. The summed E-state index contributed by atoms with van der Waals surface area (Å²) in [5, 5.41) is 1.74. The monoisotopic (exact) mass is 133 g/mol. The maximum atomic E-state index is 10.2. The summed E-state index contributed by atoms with van der Waals surface area (Å²) in [6, 6.07) is -0.919. The van der Waals surface area contributed by atoms with E-state index in [9.17, 15) is 9.59 Å². The molecule has 0 saturated heterocycles. The molecular formula is C3H7N3O3. The van der Waals surface area contributed by atoms with Crippen molar-refractivity contribution in [1.82, 2.24) is 5.32 Å². The van der Waals surface area contributed by atoms with Crippen LogP contribution < -0.4 is 16.9 Å². The molecule has 0 aromatic carbocycles. The van der Waals surface area contributed by atoms with E-state index in [1.165, 1.54) is 0 Å². The van der Waals surface area contributed by atoms with Crippen LogP contribution in [-0.2, 0) is 9.63 Å². The molecule has 9 heavy (non-hydrogen) atoms. The molecule has 5 N–H and O–H groups in total. The second-order valence-electron chi connectivity index (χ2n) is 1.22. The lowest BCUT2D eigenvalue weighted by molar-refractivity contribution is -0.124. The molecule has 3 amide bonds. The van der Waals surface area contributed by atoms with Gasteiger partial charge in [0.1, 0.15) is 6.61 Å². The summed E-state index contributed by atoms with van der Waals surface area (Å²) >= 11 is 0. The van der Waals surface area contributed by atoms with E-state index in [1.807, 2.05) is 0 Å². The molecule has 0 aliphatic heterocycles. The first-order chi connectivity index (χ1) is 4.16. The van der Waals surface area contributed by atoms with Gasteiger partial charge in [0.25, 0.3) is 5.91 Å². The predicted octanol–water partition coefficient (Wildman–Crippen LogP) is -1.93. The Hall–Kier alpha value is -1.14. The van der Waals surface area contributed by atoms with E-state index in [0.29, 0.717) is 0 Å². The average Bonchev–Trinajstić information content (AvgIpc) is 1.63. The number of carbonyl (C=O) groups is 2. The molecule has 0 aliphatic carbocycles. The fraction of sp³-hybridized carbons (Fsp3) is 0.333. The van der Waals surface area contributed by atoms with Gasteiger partial charge in [0.05, 0.1) is 0 Å². The third-order valence-corrected chi connectivity index (χ3v) is 0.477. The van der Waals surface area contributed by atoms with Crippen LogP contribution in [0.3, 0.4) is 0 Å². The summed E-state index contributed by atoms with van der Waals surface area (Å²) in [6.07, 6.45) is 0. The van der Waals surface area contributed by atoms with Gasteiger partial charge in [-0.25, -0.2) is 10.7 Å². The maximum Gasteiger partial charge on any atom is 0.318 e. The fourth-order valence-corrected chi connectivity index (χ4v) is 0.249. The zero-order valence-corrected chi connectivity index (χ0v) is 4.59. The number of rotatable bonds is 2. The number of carbonyl (C=O) groups excluding carboxylic acids is 2. The Morgan fingerprint density at radius 3 is 2.44 bits per heavy atom. The van der Waals surface area contributed by atoms with Crippen molar-refractivity contribution >= 4 is 11.9 Å². The van der Waals surface area contributed by atoms with Crippen LogP contribution in [0.25, 0.3) is 0 Å². The number of urea groups is 1. The van der Waals surface area contributed by atoms with Gasteiger partial charge >= 0.3 is 6.03 Å². The van der Waals surface area contributed by atoms with Crippen molar-refractivity contribution in [3.05, 3.63) is 0 Å². The van der Waals surface area contributed by atoms with E-state index < -0.39 is 11.9 Å². The van der Waals surface area contributed by atoms with Crippen LogP contribution >= 0.6 is 0 Å². The van der Waals surface area contributed by atoms with E-state index in [-0.39, 0.29) is 6.61 Å². The molecule has 0 atom stereocenters. The topological polar surface area (TPSA) is 107 Å². The Bertz CT molecular complexity index is 123. The highest BCUT2D eigenvalue weighted by atomic mass is 16.6. The van der Waals surface area contributed by atoms with E-state index >= 15 is 0 Å². The van der Waals surface area contributed by atoms with Crippen molar-refractivity contribution in [3.8, 4) is 0 Å². The van der Waals surface area contributed by atoms with E-state index in [4.69, 9.17) is 0 Å². The number of imide groups is 1. The molecule has 6 nitrogen and oxygen atoms in total. The molecule has 52 valence electrons. The van der Waals surface area contributed by atoms with Gasteiger partial charge in [-0.2, -0.15) is 0 Å². The lowest BCUT2D eigenvalue weighted by Gasteiger charge is -1.95. The van der Waals surface area contributed by atoms with Crippen molar-refractivity contribution in [2.75, 3.05) is 6.61 Å². The van der Waals surface area contributed by atoms with Crippen LogP contribution in [0.15, 0.2) is 0 Å². The lowest BCUT2D eigenvalue weighted by atomic mass is 10.6. The highest BCUT2D eigenvalue weighted by Gasteiger charge is 2.00. The highest BCUT2D eigenvalue weighted by Crippen LogP contribution is 1.64. The Morgan fingerprint density at radius 2 is 2.11 bits per heavy atom. The molecule has 0 saturated carbocycles. The lowest BCUT2D eigenvalue weighted by Crippen LogP contribution is -2.37. The van der Waals surface area contributed by atoms with Gasteiger partial charge in [0.15, 0.2) is 0 Å². The molecule has 0 aromatic rings. The Balaban J connectivity index is 3.39. The standard InChI is InChI=1S/C3H7N3O3/c4-3(8)6-2(7)1-9-5/h1,5H2,(H3,4,6,7,8). The molecular weight excluding hydrogens is 126 g/mol. The Kier molecular flexibility index (Phi) is 3.33. The maximum absolute atomic E-state index is 10.2. The van der Waals surface area contributed by atoms with Crippen LogP contribution in [-0.4, -0.2) is 18.5 Å². The first-order valence-electron chi connectivity index (χ1n) is 2.07. The molecule has 0 radical (unpaired) electrons. The van der Waals surface area contributed by atoms with E-state index in [2.05, 4.69) is 16.5 Å².